The summed E-state index contributed by atoms with van der Waals surface area (Å²) in [5.41, 5.74) is 0.512. The van der Waals surface area contributed by atoms with Gasteiger partial charge in [0.2, 0.25) is 5.88 Å². The summed E-state index contributed by atoms with van der Waals surface area (Å²) in [7, 11) is 0. The van der Waals surface area contributed by atoms with Gasteiger partial charge in [0.05, 0.1) is 6.61 Å². The quantitative estimate of drug-likeness (QED) is 0.931. The van der Waals surface area contributed by atoms with Crippen LogP contribution >= 0.6 is 11.6 Å². The van der Waals surface area contributed by atoms with Crippen LogP contribution in [-0.2, 0) is 6.61 Å². The van der Waals surface area contributed by atoms with Crippen molar-refractivity contribution in [3.8, 4) is 11.6 Å². The molecule has 6 heteroatoms. The first-order valence-electron chi connectivity index (χ1n) is 4.97. The van der Waals surface area contributed by atoms with Crippen LogP contribution in [-0.4, -0.2) is 10.1 Å². The fourth-order valence-corrected chi connectivity index (χ4v) is 1.55. The van der Waals surface area contributed by atoms with Crippen LogP contribution < -0.4 is 4.74 Å². The Balaban J connectivity index is 2.28. The van der Waals surface area contributed by atoms with Crippen molar-refractivity contribution in [1.82, 2.24) is 4.98 Å². The molecule has 0 saturated carbocycles. The second-order valence-electron chi connectivity index (χ2n) is 3.50. The van der Waals surface area contributed by atoms with E-state index in [1.807, 2.05) is 0 Å². The summed E-state index contributed by atoms with van der Waals surface area (Å²) in [5.74, 6) is -1.54. The van der Waals surface area contributed by atoms with Gasteiger partial charge in [-0.15, -0.1) is 0 Å². The minimum atomic E-state index is -0.756. The van der Waals surface area contributed by atoms with Gasteiger partial charge in [-0.2, -0.15) is 0 Å². The number of pyridine rings is 1. The molecule has 1 aromatic heterocycles. The molecule has 0 atom stereocenters. The van der Waals surface area contributed by atoms with Crippen LogP contribution in [0.3, 0.4) is 0 Å². The van der Waals surface area contributed by atoms with Gasteiger partial charge >= 0.3 is 0 Å². The molecule has 2 aromatic rings. The van der Waals surface area contributed by atoms with Crippen LogP contribution in [0.15, 0.2) is 30.5 Å². The van der Waals surface area contributed by atoms with Crippen LogP contribution in [0.5, 0.6) is 11.6 Å². The van der Waals surface area contributed by atoms with Gasteiger partial charge < -0.3 is 9.84 Å². The van der Waals surface area contributed by atoms with Crippen molar-refractivity contribution < 1.29 is 18.6 Å². The number of benzene rings is 1. The van der Waals surface area contributed by atoms with E-state index in [2.05, 4.69) is 4.98 Å². The fourth-order valence-electron chi connectivity index (χ4n) is 1.33. The Morgan fingerprint density at radius 2 is 1.83 bits per heavy atom. The maximum absolute atomic E-state index is 12.9. The number of ether oxygens (including phenoxy) is 1. The third-order valence-electron chi connectivity index (χ3n) is 2.10. The van der Waals surface area contributed by atoms with Crippen molar-refractivity contribution in [1.29, 1.82) is 0 Å². The van der Waals surface area contributed by atoms with Gasteiger partial charge in [0, 0.05) is 24.4 Å². The lowest BCUT2D eigenvalue weighted by Crippen LogP contribution is -1.93. The summed E-state index contributed by atoms with van der Waals surface area (Å²) in [4.78, 5) is 3.84. The molecule has 0 radical (unpaired) electrons. The Hall–Kier alpha value is -1.72. The molecule has 1 aromatic carbocycles. The maximum atomic E-state index is 12.9. The third kappa shape index (κ3) is 2.94. The Labute approximate surface area is 107 Å². The van der Waals surface area contributed by atoms with Gasteiger partial charge in [0.25, 0.3) is 0 Å². The molecule has 0 amide bonds. The highest BCUT2D eigenvalue weighted by atomic mass is 35.5. The number of hydrogen-bond acceptors (Lipinski definition) is 3. The first kappa shape index (κ1) is 12.7. The molecule has 94 valence electrons. The van der Waals surface area contributed by atoms with Crippen molar-refractivity contribution >= 4 is 11.6 Å². The molecule has 0 aliphatic rings. The molecule has 0 unspecified atom stereocenters. The molecule has 0 saturated heterocycles. The normalized spacial score (nSPS) is 10.4. The lowest BCUT2D eigenvalue weighted by Gasteiger charge is -2.07. The van der Waals surface area contributed by atoms with Crippen molar-refractivity contribution in [2.24, 2.45) is 0 Å². The van der Waals surface area contributed by atoms with Gasteiger partial charge in [-0.05, 0) is 11.6 Å². The van der Waals surface area contributed by atoms with E-state index in [0.717, 1.165) is 18.2 Å². The zero-order valence-corrected chi connectivity index (χ0v) is 9.79. The van der Waals surface area contributed by atoms with Gasteiger partial charge in [0.15, 0.2) is 0 Å². The van der Waals surface area contributed by atoms with Gasteiger partial charge in [-0.3, -0.25) is 0 Å². The molecule has 0 spiro atoms. The van der Waals surface area contributed by atoms with Crippen molar-refractivity contribution in [2.45, 2.75) is 6.61 Å². The van der Waals surface area contributed by atoms with E-state index in [1.165, 1.54) is 12.3 Å². The summed E-state index contributed by atoms with van der Waals surface area (Å²) in [6.45, 7) is -0.207. The molecule has 0 aliphatic heterocycles. The number of hydrogen-bond donors (Lipinski definition) is 1. The second kappa shape index (κ2) is 5.29. The van der Waals surface area contributed by atoms with E-state index in [4.69, 9.17) is 21.4 Å². The zero-order chi connectivity index (χ0) is 13.1. The molecular weight excluding hydrogens is 264 g/mol. The summed E-state index contributed by atoms with van der Waals surface area (Å²) >= 11 is 5.85. The highest BCUT2D eigenvalue weighted by molar-refractivity contribution is 6.31. The predicted octanol–water partition coefficient (Wildman–Crippen LogP) is 3.30. The zero-order valence-electron chi connectivity index (χ0n) is 9.03. The summed E-state index contributed by atoms with van der Waals surface area (Å²) in [6.07, 6.45) is 1.36. The number of halogens is 3. The standard InChI is InChI=1S/C12H8ClF2NO2/c13-11-1-7(6-17)5-16-12(11)18-10-3-8(14)2-9(15)4-10/h1-5,17H,6H2. The number of nitrogens with zero attached hydrogens (tertiary/aromatic N) is 1. The Bertz CT molecular complexity index is 558. The molecule has 18 heavy (non-hydrogen) atoms. The Morgan fingerprint density at radius 3 is 2.39 bits per heavy atom. The van der Waals surface area contributed by atoms with Crippen LogP contribution in [0.25, 0.3) is 0 Å². The third-order valence-corrected chi connectivity index (χ3v) is 2.37. The molecule has 2 rings (SSSR count). The van der Waals surface area contributed by atoms with E-state index in [1.54, 1.807) is 0 Å². The lowest BCUT2D eigenvalue weighted by atomic mass is 10.3. The van der Waals surface area contributed by atoms with Gasteiger partial charge in [-0.1, -0.05) is 11.6 Å². The van der Waals surface area contributed by atoms with Crippen molar-refractivity contribution in [3.63, 3.8) is 0 Å². The fraction of sp³-hybridized carbons (Fsp3) is 0.0833. The average Bonchev–Trinajstić information content (AvgIpc) is 2.30. The molecule has 3 nitrogen and oxygen atoms in total. The summed E-state index contributed by atoms with van der Waals surface area (Å²) in [5, 5.41) is 9.02. The Morgan fingerprint density at radius 1 is 1.17 bits per heavy atom. The SMILES string of the molecule is OCc1cnc(Oc2cc(F)cc(F)c2)c(Cl)c1. The highest BCUT2D eigenvalue weighted by Gasteiger charge is 2.08. The van der Waals surface area contributed by atoms with E-state index >= 15 is 0 Å². The van der Waals surface area contributed by atoms with E-state index < -0.39 is 11.6 Å². The van der Waals surface area contributed by atoms with Gasteiger partial charge in [-0.25, -0.2) is 13.8 Å². The molecule has 0 bridgehead atoms. The minimum absolute atomic E-state index is 0.0128. The van der Waals surface area contributed by atoms with E-state index in [9.17, 15) is 8.78 Å². The number of aliphatic hydroxyl groups excluding tert-OH is 1. The summed E-state index contributed by atoms with van der Waals surface area (Å²) in [6, 6.07) is 4.22. The molecule has 0 aliphatic carbocycles. The Kier molecular flexibility index (Phi) is 3.74. The second-order valence-corrected chi connectivity index (χ2v) is 3.90. The van der Waals surface area contributed by atoms with E-state index in [-0.39, 0.29) is 23.3 Å². The highest BCUT2D eigenvalue weighted by Crippen LogP contribution is 2.28. The van der Waals surface area contributed by atoms with Crippen molar-refractivity contribution in [3.05, 3.63) is 52.7 Å². The van der Waals surface area contributed by atoms with Crippen LogP contribution in [0, 0.1) is 11.6 Å². The van der Waals surface area contributed by atoms with Crippen LogP contribution in [0.4, 0.5) is 8.78 Å². The first-order valence-corrected chi connectivity index (χ1v) is 5.35. The minimum Gasteiger partial charge on any atom is -0.437 e. The van der Waals surface area contributed by atoms with Crippen LogP contribution in [0.2, 0.25) is 5.02 Å². The van der Waals surface area contributed by atoms with Crippen molar-refractivity contribution in [2.75, 3.05) is 0 Å². The van der Waals surface area contributed by atoms with Crippen LogP contribution in [0.1, 0.15) is 5.56 Å². The number of rotatable bonds is 3. The van der Waals surface area contributed by atoms with Gasteiger partial charge in [0.1, 0.15) is 22.4 Å². The first-order chi connectivity index (χ1) is 8.58. The topological polar surface area (TPSA) is 42.4 Å². The monoisotopic (exact) mass is 271 g/mol. The lowest BCUT2D eigenvalue weighted by molar-refractivity contribution is 0.281. The maximum Gasteiger partial charge on any atom is 0.238 e. The predicted molar refractivity (Wildman–Crippen MR) is 61.6 cm³/mol. The largest absolute Gasteiger partial charge is 0.437 e. The summed E-state index contributed by atoms with van der Waals surface area (Å²) < 4.78 is 31.1. The molecular formula is C12H8ClF2NO2. The smallest absolute Gasteiger partial charge is 0.238 e. The average molecular weight is 272 g/mol. The molecule has 1 heterocycles. The number of aliphatic hydroxyl groups is 1. The molecule has 0 fully saturated rings. The number of aromatic nitrogens is 1. The molecule has 1 N–H and O–H groups in total. The van der Waals surface area contributed by atoms with E-state index in [0.29, 0.717) is 5.56 Å².